The maximum Gasteiger partial charge on any atom is 0.263 e. The highest BCUT2D eigenvalue weighted by molar-refractivity contribution is 5.94. The van der Waals surface area contributed by atoms with Crippen molar-refractivity contribution in [2.45, 2.75) is 32.7 Å². The van der Waals surface area contributed by atoms with Crippen molar-refractivity contribution < 1.29 is 9.21 Å². The number of aromatic nitrogens is 1. The standard InChI is InChI=1S/C22H24N2O3/c1-2-3-13-24-16-18(20-10-7-14-27-20)15-19(22(24)26)21(25)23-12-11-17-8-5-4-6-9-17/h4-10,14-16H,2-3,11-13H2,1H3,(H,23,25). The first kappa shape index (κ1) is 18.7. The predicted octanol–water partition coefficient (Wildman–Crippen LogP) is 3.88. The molecule has 0 spiro atoms. The second kappa shape index (κ2) is 9.03. The zero-order chi connectivity index (χ0) is 19.1. The number of carbonyl (C=O) groups is 1. The minimum Gasteiger partial charge on any atom is -0.464 e. The molecule has 1 N–H and O–H groups in total. The topological polar surface area (TPSA) is 64.2 Å². The number of furan rings is 1. The quantitative estimate of drug-likeness (QED) is 0.660. The van der Waals surface area contributed by atoms with Crippen LogP contribution in [-0.4, -0.2) is 17.0 Å². The molecular weight excluding hydrogens is 340 g/mol. The summed E-state index contributed by atoms with van der Waals surface area (Å²) in [5.74, 6) is 0.285. The number of aryl methyl sites for hydroxylation is 1. The number of hydrogen-bond donors (Lipinski definition) is 1. The van der Waals surface area contributed by atoms with Crippen LogP contribution in [0.3, 0.4) is 0 Å². The number of unbranched alkanes of at least 4 members (excludes halogenated alkanes) is 1. The summed E-state index contributed by atoms with van der Waals surface area (Å²) in [4.78, 5) is 25.4. The molecule has 5 nitrogen and oxygen atoms in total. The van der Waals surface area contributed by atoms with Crippen molar-refractivity contribution in [2.75, 3.05) is 6.54 Å². The van der Waals surface area contributed by atoms with E-state index in [1.165, 1.54) is 0 Å². The summed E-state index contributed by atoms with van der Waals surface area (Å²) < 4.78 is 7.05. The SMILES string of the molecule is CCCCn1cc(-c2ccco2)cc(C(=O)NCCc2ccccc2)c1=O. The summed E-state index contributed by atoms with van der Waals surface area (Å²) in [5, 5.41) is 2.86. The number of pyridine rings is 1. The highest BCUT2D eigenvalue weighted by Crippen LogP contribution is 2.19. The second-order valence-corrected chi connectivity index (χ2v) is 6.46. The molecule has 3 rings (SSSR count). The van der Waals surface area contributed by atoms with E-state index in [1.807, 2.05) is 36.4 Å². The van der Waals surface area contributed by atoms with Gasteiger partial charge in [0, 0.05) is 24.8 Å². The van der Waals surface area contributed by atoms with Crippen molar-refractivity contribution in [1.29, 1.82) is 0 Å². The first-order valence-electron chi connectivity index (χ1n) is 9.29. The van der Waals surface area contributed by atoms with Crippen LogP contribution in [0.2, 0.25) is 0 Å². The first-order chi connectivity index (χ1) is 13.2. The van der Waals surface area contributed by atoms with E-state index in [4.69, 9.17) is 4.42 Å². The Kier molecular flexibility index (Phi) is 6.26. The molecule has 1 aromatic carbocycles. The molecule has 2 aromatic heterocycles. The summed E-state index contributed by atoms with van der Waals surface area (Å²) >= 11 is 0. The van der Waals surface area contributed by atoms with E-state index in [1.54, 1.807) is 29.2 Å². The van der Waals surface area contributed by atoms with Crippen molar-refractivity contribution in [3.05, 3.63) is 82.5 Å². The van der Waals surface area contributed by atoms with Gasteiger partial charge in [0.2, 0.25) is 0 Å². The van der Waals surface area contributed by atoms with E-state index in [9.17, 15) is 9.59 Å². The van der Waals surface area contributed by atoms with Crippen molar-refractivity contribution in [3.8, 4) is 11.3 Å². The summed E-state index contributed by atoms with van der Waals surface area (Å²) in [6.45, 7) is 3.12. The molecule has 0 radical (unpaired) electrons. The zero-order valence-corrected chi connectivity index (χ0v) is 15.5. The van der Waals surface area contributed by atoms with Crippen LogP contribution < -0.4 is 10.9 Å². The Bertz CT molecular complexity index is 928. The van der Waals surface area contributed by atoms with Gasteiger partial charge >= 0.3 is 0 Å². The third kappa shape index (κ3) is 4.76. The Morgan fingerprint density at radius 3 is 2.67 bits per heavy atom. The minimum atomic E-state index is -0.352. The number of nitrogens with one attached hydrogen (secondary N) is 1. The molecular formula is C22H24N2O3. The fraction of sp³-hybridized carbons (Fsp3) is 0.273. The van der Waals surface area contributed by atoms with Gasteiger partial charge in [0.1, 0.15) is 11.3 Å². The van der Waals surface area contributed by atoms with Gasteiger partial charge < -0.3 is 14.3 Å². The molecule has 5 heteroatoms. The normalized spacial score (nSPS) is 10.7. The van der Waals surface area contributed by atoms with Crippen LogP contribution in [0, 0.1) is 0 Å². The van der Waals surface area contributed by atoms with E-state index in [0.29, 0.717) is 25.3 Å². The number of nitrogens with zero attached hydrogens (tertiary/aromatic N) is 1. The van der Waals surface area contributed by atoms with Crippen LogP contribution in [0.25, 0.3) is 11.3 Å². The largest absolute Gasteiger partial charge is 0.464 e. The molecule has 0 unspecified atom stereocenters. The molecule has 0 aliphatic heterocycles. The molecule has 1 amide bonds. The molecule has 27 heavy (non-hydrogen) atoms. The lowest BCUT2D eigenvalue weighted by atomic mass is 10.1. The van der Waals surface area contributed by atoms with E-state index in [0.717, 1.165) is 24.0 Å². The van der Waals surface area contributed by atoms with Gasteiger partial charge in [-0.25, -0.2) is 0 Å². The van der Waals surface area contributed by atoms with Crippen LogP contribution >= 0.6 is 0 Å². The van der Waals surface area contributed by atoms with Crippen LogP contribution in [-0.2, 0) is 13.0 Å². The number of carbonyl (C=O) groups excluding carboxylic acids is 1. The Hall–Kier alpha value is -3.08. The van der Waals surface area contributed by atoms with Crippen molar-refractivity contribution in [2.24, 2.45) is 0 Å². The van der Waals surface area contributed by atoms with Crippen LogP contribution in [0.4, 0.5) is 0 Å². The maximum atomic E-state index is 12.7. The summed E-state index contributed by atoms with van der Waals surface area (Å²) in [6.07, 6.45) is 5.90. The van der Waals surface area contributed by atoms with Crippen LogP contribution in [0.5, 0.6) is 0 Å². The zero-order valence-electron chi connectivity index (χ0n) is 15.5. The Labute approximate surface area is 158 Å². The van der Waals surface area contributed by atoms with Crippen LogP contribution in [0.15, 0.2) is 70.2 Å². The molecule has 0 bridgehead atoms. The van der Waals surface area contributed by atoms with E-state index >= 15 is 0 Å². The monoisotopic (exact) mass is 364 g/mol. The van der Waals surface area contributed by atoms with Gasteiger partial charge in [0.05, 0.1) is 6.26 Å². The van der Waals surface area contributed by atoms with Gasteiger partial charge in [-0.05, 0) is 36.6 Å². The minimum absolute atomic E-state index is 0.146. The molecule has 0 atom stereocenters. The summed E-state index contributed by atoms with van der Waals surface area (Å²) in [7, 11) is 0. The lowest BCUT2D eigenvalue weighted by Gasteiger charge is -2.11. The van der Waals surface area contributed by atoms with E-state index in [-0.39, 0.29) is 17.0 Å². The number of hydrogen-bond acceptors (Lipinski definition) is 3. The predicted molar refractivity (Wildman–Crippen MR) is 106 cm³/mol. The van der Waals surface area contributed by atoms with Crippen molar-refractivity contribution in [3.63, 3.8) is 0 Å². The Morgan fingerprint density at radius 2 is 1.96 bits per heavy atom. The lowest BCUT2D eigenvalue weighted by molar-refractivity contribution is 0.0952. The summed E-state index contributed by atoms with van der Waals surface area (Å²) in [5.41, 5.74) is 1.75. The van der Waals surface area contributed by atoms with E-state index < -0.39 is 0 Å². The Morgan fingerprint density at radius 1 is 1.15 bits per heavy atom. The molecule has 0 saturated heterocycles. The molecule has 3 aromatic rings. The molecule has 0 saturated carbocycles. The van der Waals surface area contributed by atoms with Gasteiger partial charge in [-0.2, -0.15) is 0 Å². The van der Waals surface area contributed by atoms with Crippen molar-refractivity contribution >= 4 is 5.91 Å². The molecule has 140 valence electrons. The average Bonchev–Trinajstić information content (AvgIpc) is 3.23. The number of amides is 1. The van der Waals surface area contributed by atoms with Gasteiger partial charge in [-0.3, -0.25) is 9.59 Å². The maximum absolute atomic E-state index is 12.7. The molecule has 0 aliphatic carbocycles. The third-order valence-electron chi connectivity index (χ3n) is 4.43. The van der Waals surface area contributed by atoms with Crippen molar-refractivity contribution in [1.82, 2.24) is 9.88 Å². The molecule has 0 fully saturated rings. The first-order valence-corrected chi connectivity index (χ1v) is 9.29. The molecule has 2 heterocycles. The van der Waals surface area contributed by atoms with Gasteiger partial charge in [0.25, 0.3) is 11.5 Å². The fourth-order valence-electron chi connectivity index (χ4n) is 2.93. The summed E-state index contributed by atoms with van der Waals surface area (Å²) in [6, 6.07) is 15.1. The number of rotatable bonds is 8. The smallest absolute Gasteiger partial charge is 0.263 e. The van der Waals surface area contributed by atoms with Gasteiger partial charge in [-0.1, -0.05) is 43.7 Å². The van der Waals surface area contributed by atoms with E-state index in [2.05, 4.69) is 12.2 Å². The lowest BCUT2D eigenvalue weighted by Crippen LogP contribution is -2.34. The second-order valence-electron chi connectivity index (χ2n) is 6.46. The van der Waals surface area contributed by atoms with Gasteiger partial charge in [-0.15, -0.1) is 0 Å². The highest BCUT2D eigenvalue weighted by Gasteiger charge is 2.16. The van der Waals surface area contributed by atoms with Gasteiger partial charge in [0.15, 0.2) is 0 Å². The fourth-order valence-corrected chi connectivity index (χ4v) is 2.93. The Balaban J connectivity index is 1.80. The number of benzene rings is 1. The average molecular weight is 364 g/mol. The molecule has 0 aliphatic rings. The highest BCUT2D eigenvalue weighted by atomic mass is 16.3. The van der Waals surface area contributed by atoms with Crippen LogP contribution in [0.1, 0.15) is 35.7 Å². The third-order valence-corrected chi connectivity index (χ3v) is 4.43.